The molecule has 0 amide bonds. The summed E-state index contributed by atoms with van der Waals surface area (Å²) in [4.78, 5) is 7.03. The van der Waals surface area contributed by atoms with Crippen LogP contribution in [0.15, 0.2) is 22.9 Å². The van der Waals surface area contributed by atoms with Crippen LogP contribution < -0.4 is 5.32 Å². The first-order chi connectivity index (χ1) is 9.68. The minimum absolute atomic E-state index is 0.382. The van der Waals surface area contributed by atoms with E-state index in [1.807, 2.05) is 12.4 Å². The van der Waals surface area contributed by atoms with Gasteiger partial charge in [-0.25, -0.2) is 0 Å². The zero-order valence-electron chi connectivity index (χ0n) is 12.2. The van der Waals surface area contributed by atoms with Crippen molar-refractivity contribution >= 4 is 15.9 Å². The molecular formula is C16H24BrN3. The van der Waals surface area contributed by atoms with E-state index in [2.05, 4.69) is 44.1 Å². The highest BCUT2D eigenvalue weighted by atomic mass is 79.9. The largest absolute Gasteiger partial charge is 0.311 e. The van der Waals surface area contributed by atoms with Crippen LogP contribution in [0, 0.1) is 0 Å². The van der Waals surface area contributed by atoms with Gasteiger partial charge in [-0.15, -0.1) is 0 Å². The molecular weight excluding hydrogens is 314 g/mol. The first-order valence-corrected chi connectivity index (χ1v) is 8.55. The van der Waals surface area contributed by atoms with Gasteiger partial charge in [-0.1, -0.05) is 19.3 Å². The molecule has 1 saturated heterocycles. The Morgan fingerprint density at radius 1 is 1.35 bits per heavy atom. The third kappa shape index (κ3) is 3.07. The van der Waals surface area contributed by atoms with Crippen molar-refractivity contribution in [3.05, 3.63) is 28.5 Å². The van der Waals surface area contributed by atoms with Crippen LogP contribution in [-0.4, -0.2) is 34.6 Å². The maximum absolute atomic E-state index is 4.31. The lowest BCUT2D eigenvalue weighted by molar-refractivity contribution is 0.00610. The quantitative estimate of drug-likeness (QED) is 0.896. The maximum Gasteiger partial charge on any atom is 0.0410 e. The third-order valence-electron chi connectivity index (χ3n) is 4.86. The number of nitrogens with zero attached hydrogens (tertiary/aromatic N) is 2. The van der Waals surface area contributed by atoms with Crippen LogP contribution in [-0.2, 0) is 6.54 Å². The minimum atomic E-state index is 0.382. The second kappa shape index (κ2) is 6.12. The van der Waals surface area contributed by atoms with Gasteiger partial charge < -0.3 is 5.32 Å². The smallest absolute Gasteiger partial charge is 0.0410 e. The van der Waals surface area contributed by atoms with Gasteiger partial charge >= 0.3 is 0 Å². The molecule has 2 fully saturated rings. The molecule has 0 aromatic carbocycles. The van der Waals surface area contributed by atoms with Crippen molar-refractivity contribution in [1.82, 2.24) is 15.2 Å². The molecule has 2 heterocycles. The van der Waals surface area contributed by atoms with Crippen LogP contribution in [0.25, 0.3) is 0 Å². The number of rotatable bonds is 2. The summed E-state index contributed by atoms with van der Waals surface area (Å²) >= 11 is 3.53. The first kappa shape index (κ1) is 14.5. The van der Waals surface area contributed by atoms with Crippen LogP contribution in [0.2, 0.25) is 0 Å². The molecule has 1 aliphatic carbocycles. The SMILES string of the molecule is CC1CN(Cc2cncc(Br)c2)C2(CCCCC2)CN1. The predicted molar refractivity (Wildman–Crippen MR) is 85.6 cm³/mol. The third-order valence-corrected chi connectivity index (χ3v) is 5.30. The Bertz CT molecular complexity index is 457. The van der Waals surface area contributed by atoms with Gasteiger partial charge in [0, 0.05) is 48.1 Å². The normalized spacial score (nSPS) is 26.8. The summed E-state index contributed by atoms with van der Waals surface area (Å²) in [6.07, 6.45) is 10.7. The summed E-state index contributed by atoms with van der Waals surface area (Å²) in [6.45, 7) is 5.61. The second-order valence-corrected chi connectivity index (χ2v) is 7.37. The van der Waals surface area contributed by atoms with Crippen molar-refractivity contribution in [1.29, 1.82) is 0 Å². The molecule has 1 saturated carbocycles. The lowest BCUT2D eigenvalue weighted by Crippen LogP contribution is -2.64. The highest BCUT2D eigenvalue weighted by molar-refractivity contribution is 9.10. The molecule has 1 atom stereocenters. The Hall–Kier alpha value is -0.450. The average Bonchev–Trinajstić information content (AvgIpc) is 2.45. The van der Waals surface area contributed by atoms with Gasteiger partial charge in [-0.3, -0.25) is 9.88 Å². The van der Waals surface area contributed by atoms with E-state index in [-0.39, 0.29) is 0 Å². The average molecular weight is 338 g/mol. The van der Waals surface area contributed by atoms with Crippen molar-refractivity contribution in [3.63, 3.8) is 0 Å². The molecule has 1 aromatic rings. The first-order valence-electron chi connectivity index (χ1n) is 7.76. The zero-order chi connectivity index (χ0) is 14.0. The Morgan fingerprint density at radius 2 is 2.15 bits per heavy atom. The van der Waals surface area contributed by atoms with E-state index in [9.17, 15) is 0 Å². The van der Waals surface area contributed by atoms with E-state index in [1.54, 1.807) is 0 Å². The van der Waals surface area contributed by atoms with Gasteiger partial charge in [-0.05, 0) is 47.3 Å². The molecule has 2 aliphatic rings. The monoisotopic (exact) mass is 337 g/mol. The van der Waals surface area contributed by atoms with Crippen LogP contribution in [0.5, 0.6) is 0 Å². The number of hydrogen-bond donors (Lipinski definition) is 1. The van der Waals surface area contributed by atoms with Gasteiger partial charge in [0.2, 0.25) is 0 Å². The van der Waals surface area contributed by atoms with Crippen molar-refractivity contribution in [2.24, 2.45) is 0 Å². The van der Waals surface area contributed by atoms with E-state index in [0.717, 1.165) is 24.1 Å². The van der Waals surface area contributed by atoms with Crippen LogP contribution in [0.3, 0.4) is 0 Å². The lowest BCUT2D eigenvalue weighted by Gasteiger charge is -2.51. The fourth-order valence-electron chi connectivity index (χ4n) is 3.76. The van der Waals surface area contributed by atoms with E-state index in [1.165, 1.54) is 37.7 Å². The summed E-state index contributed by atoms with van der Waals surface area (Å²) in [5.41, 5.74) is 1.70. The highest BCUT2D eigenvalue weighted by Crippen LogP contribution is 2.36. The number of piperazine rings is 1. The maximum atomic E-state index is 4.31. The van der Waals surface area contributed by atoms with E-state index < -0.39 is 0 Å². The molecule has 1 aromatic heterocycles. The minimum Gasteiger partial charge on any atom is -0.311 e. The zero-order valence-corrected chi connectivity index (χ0v) is 13.8. The number of nitrogens with one attached hydrogen (secondary N) is 1. The fourth-order valence-corrected chi connectivity index (χ4v) is 4.17. The topological polar surface area (TPSA) is 28.2 Å². The van der Waals surface area contributed by atoms with Gasteiger partial charge in [0.25, 0.3) is 0 Å². The Morgan fingerprint density at radius 3 is 2.90 bits per heavy atom. The number of hydrogen-bond acceptors (Lipinski definition) is 3. The van der Waals surface area contributed by atoms with Crippen molar-refractivity contribution in [2.45, 2.75) is 57.2 Å². The highest BCUT2D eigenvalue weighted by Gasteiger charge is 2.41. The van der Waals surface area contributed by atoms with Crippen molar-refractivity contribution in [2.75, 3.05) is 13.1 Å². The van der Waals surface area contributed by atoms with Crippen LogP contribution in [0.1, 0.15) is 44.6 Å². The molecule has 1 aliphatic heterocycles. The van der Waals surface area contributed by atoms with Crippen molar-refractivity contribution in [3.8, 4) is 0 Å². The van der Waals surface area contributed by atoms with Crippen LogP contribution >= 0.6 is 15.9 Å². The van der Waals surface area contributed by atoms with Gasteiger partial charge in [0.1, 0.15) is 0 Å². The number of pyridine rings is 1. The van der Waals surface area contributed by atoms with E-state index >= 15 is 0 Å². The molecule has 1 unspecified atom stereocenters. The molecule has 20 heavy (non-hydrogen) atoms. The molecule has 3 nitrogen and oxygen atoms in total. The predicted octanol–water partition coefficient (Wildman–Crippen LogP) is 3.34. The Labute approximate surface area is 130 Å². The molecule has 0 radical (unpaired) electrons. The molecule has 3 rings (SSSR count). The molecule has 1 spiro atoms. The van der Waals surface area contributed by atoms with E-state index in [0.29, 0.717) is 11.6 Å². The molecule has 1 N–H and O–H groups in total. The lowest BCUT2D eigenvalue weighted by atomic mass is 9.78. The summed E-state index contributed by atoms with van der Waals surface area (Å²) in [6, 6.07) is 2.79. The second-order valence-electron chi connectivity index (χ2n) is 6.46. The summed E-state index contributed by atoms with van der Waals surface area (Å²) in [7, 11) is 0. The molecule has 0 bridgehead atoms. The molecule has 110 valence electrons. The number of halogens is 1. The summed E-state index contributed by atoms with van der Waals surface area (Å²) in [5, 5.41) is 3.70. The Kier molecular flexibility index (Phi) is 4.43. The Balaban J connectivity index is 1.79. The fraction of sp³-hybridized carbons (Fsp3) is 0.688. The summed E-state index contributed by atoms with van der Waals surface area (Å²) < 4.78 is 1.08. The van der Waals surface area contributed by atoms with Gasteiger partial charge in [0.15, 0.2) is 0 Å². The standard InChI is InChI=1S/C16H24BrN3/c1-13-10-20(11-14-7-15(17)9-18-8-14)16(12-19-13)5-3-2-4-6-16/h7-9,13,19H,2-6,10-12H2,1H3. The molecule has 4 heteroatoms. The summed E-state index contributed by atoms with van der Waals surface area (Å²) in [5.74, 6) is 0. The van der Waals surface area contributed by atoms with E-state index in [4.69, 9.17) is 0 Å². The van der Waals surface area contributed by atoms with Gasteiger partial charge in [-0.2, -0.15) is 0 Å². The number of aromatic nitrogens is 1. The van der Waals surface area contributed by atoms with Crippen molar-refractivity contribution < 1.29 is 0 Å². The van der Waals surface area contributed by atoms with Crippen LogP contribution in [0.4, 0.5) is 0 Å². The van der Waals surface area contributed by atoms with Gasteiger partial charge in [0.05, 0.1) is 0 Å².